The summed E-state index contributed by atoms with van der Waals surface area (Å²) in [4.78, 5) is 29.0. The molecule has 0 fully saturated rings. The minimum atomic E-state index is -0.137. The van der Waals surface area contributed by atoms with Crippen LogP contribution in [0.5, 0.6) is 0 Å². The summed E-state index contributed by atoms with van der Waals surface area (Å²) in [5.74, 6) is 0.00805. The molecule has 1 heterocycles. The molecule has 3 aromatic carbocycles. The van der Waals surface area contributed by atoms with E-state index in [-0.39, 0.29) is 17.7 Å². The average Bonchev–Trinajstić information content (AvgIpc) is 2.81. The van der Waals surface area contributed by atoms with Gasteiger partial charge in [-0.3, -0.25) is 9.59 Å². The fraction of sp³-hybridized carbons (Fsp3) is 0.185. The fourth-order valence-electron chi connectivity index (χ4n) is 3.69. The molecular weight excluding hydrogens is 416 g/mol. The van der Waals surface area contributed by atoms with Crippen molar-refractivity contribution in [2.45, 2.75) is 24.7 Å². The zero-order valence-electron chi connectivity index (χ0n) is 18.5. The van der Waals surface area contributed by atoms with Gasteiger partial charge in [-0.2, -0.15) is 0 Å². The Bertz CT molecular complexity index is 1190. The number of rotatable bonds is 5. The molecule has 0 unspecified atom stereocenters. The molecule has 0 saturated heterocycles. The molecule has 32 heavy (non-hydrogen) atoms. The Balaban J connectivity index is 1.50. The summed E-state index contributed by atoms with van der Waals surface area (Å²) >= 11 is 1.44. The van der Waals surface area contributed by atoms with Crippen LogP contribution in [0.2, 0.25) is 0 Å². The Hall–Kier alpha value is -3.31. The molecule has 0 aliphatic carbocycles. The summed E-state index contributed by atoms with van der Waals surface area (Å²) in [5, 5.41) is 3.02. The van der Waals surface area contributed by atoms with Gasteiger partial charge in [-0.1, -0.05) is 78.8 Å². The number of carbonyl (C=O) groups excluding carboxylic acids is 2. The third-order valence-electron chi connectivity index (χ3n) is 5.60. The summed E-state index contributed by atoms with van der Waals surface area (Å²) in [5.41, 5.74) is 4.65. The van der Waals surface area contributed by atoms with Crippen molar-refractivity contribution >= 4 is 35.3 Å². The van der Waals surface area contributed by atoms with E-state index >= 15 is 0 Å². The van der Waals surface area contributed by atoms with Crippen molar-refractivity contribution in [3.63, 3.8) is 0 Å². The number of fused-ring (bicyclic) bond motifs is 1. The van der Waals surface area contributed by atoms with Gasteiger partial charge in [-0.25, -0.2) is 0 Å². The number of amides is 2. The predicted octanol–water partition coefficient (Wildman–Crippen LogP) is 5.64. The van der Waals surface area contributed by atoms with Gasteiger partial charge in [0.2, 0.25) is 0 Å². The van der Waals surface area contributed by atoms with Crippen LogP contribution in [0, 0.1) is 6.92 Å². The number of likely N-dealkylation sites (N-methyl/N-ethyl adjacent to an activating group) is 1. The Morgan fingerprint density at radius 1 is 1.06 bits per heavy atom. The lowest BCUT2D eigenvalue weighted by molar-refractivity contribution is -0.114. The summed E-state index contributed by atoms with van der Waals surface area (Å²) in [6.07, 6.45) is 1.92. The van der Waals surface area contributed by atoms with Crippen LogP contribution >= 0.6 is 11.8 Å². The van der Waals surface area contributed by atoms with Crippen LogP contribution in [0.4, 0.5) is 5.69 Å². The molecule has 4 nitrogen and oxygen atoms in total. The number of carbonyl (C=O) groups is 2. The second kappa shape index (κ2) is 9.45. The summed E-state index contributed by atoms with van der Waals surface area (Å²) in [6.45, 7) is 4.67. The van der Waals surface area contributed by atoms with E-state index in [1.165, 1.54) is 17.3 Å². The lowest BCUT2D eigenvalue weighted by Gasteiger charge is -2.27. The maximum atomic E-state index is 13.0. The van der Waals surface area contributed by atoms with Crippen LogP contribution in [0.15, 0.2) is 82.6 Å². The first kappa shape index (κ1) is 21.9. The first-order valence-electron chi connectivity index (χ1n) is 10.6. The highest BCUT2D eigenvalue weighted by Gasteiger charge is 2.27. The number of anilines is 1. The van der Waals surface area contributed by atoms with Gasteiger partial charge in [0.05, 0.1) is 10.6 Å². The molecule has 0 saturated carbocycles. The van der Waals surface area contributed by atoms with Crippen LogP contribution in [0.25, 0.3) is 6.08 Å². The van der Waals surface area contributed by atoms with Crippen molar-refractivity contribution in [2.75, 3.05) is 18.5 Å². The fourth-order valence-corrected chi connectivity index (χ4v) is 4.79. The minimum Gasteiger partial charge on any atom is -0.351 e. The molecule has 1 N–H and O–H groups in total. The van der Waals surface area contributed by atoms with Gasteiger partial charge < -0.3 is 10.2 Å². The van der Waals surface area contributed by atoms with E-state index in [4.69, 9.17) is 0 Å². The molecule has 0 radical (unpaired) electrons. The molecule has 1 aliphatic heterocycles. The van der Waals surface area contributed by atoms with Gasteiger partial charge in [0.25, 0.3) is 11.8 Å². The smallest absolute Gasteiger partial charge is 0.264 e. The minimum absolute atomic E-state index is 0.0701. The van der Waals surface area contributed by atoms with Crippen molar-refractivity contribution in [3.05, 3.63) is 100.0 Å². The Labute approximate surface area is 193 Å². The summed E-state index contributed by atoms with van der Waals surface area (Å²) in [6, 6.07) is 23.7. The van der Waals surface area contributed by atoms with Gasteiger partial charge in [0.15, 0.2) is 0 Å². The normalized spacial score (nSPS) is 15.4. The zero-order chi connectivity index (χ0) is 22.7. The number of hydrogen-bond acceptors (Lipinski definition) is 3. The van der Waals surface area contributed by atoms with Gasteiger partial charge in [-0.05, 0) is 48.2 Å². The van der Waals surface area contributed by atoms with Crippen LogP contribution in [-0.2, 0) is 4.79 Å². The maximum absolute atomic E-state index is 13.0. The van der Waals surface area contributed by atoms with Crippen LogP contribution in [0.3, 0.4) is 0 Å². The lowest BCUT2D eigenvalue weighted by atomic mass is 10.0. The molecule has 1 aliphatic rings. The molecular formula is C27H26N2O2S. The second-order valence-corrected chi connectivity index (χ2v) is 9.18. The first-order chi connectivity index (χ1) is 15.4. The van der Waals surface area contributed by atoms with Gasteiger partial charge in [0, 0.05) is 24.1 Å². The second-order valence-electron chi connectivity index (χ2n) is 8.09. The van der Waals surface area contributed by atoms with E-state index in [9.17, 15) is 9.59 Å². The monoisotopic (exact) mass is 442 g/mol. The van der Waals surface area contributed by atoms with Crippen LogP contribution in [-0.4, -0.2) is 25.4 Å². The highest BCUT2D eigenvalue weighted by Crippen LogP contribution is 2.42. The van der Waals surface area contributed by atoms with E-state index in [2.05, 4.69) is 30.4 Å². The summed E-state index contributed by atoms with van der Waals surface area (Å²) in [7, 11) is 1.75. The number of hydrogen-bond donors (Lipinski definition) is 1. The standard InChI is InChI=1S/C27H26N2O2S/c1-18-8-7-9-20(14-18)15-25-27(31)29(3)23-16-22(12-13-24(23)32-25)26(30)28-17-19(2)21-10-5-4-6-11-21/h4-16,19H,17H2,1-3H3,(H,28,30)/b25-15+/t19-/m0/s1. The number of nitrogens with zero attached hydrogens (tertiary/aromatic N) is 1. The molecule has 5 heteroatoms. The van der Waals surface area contributed by atoms with Crippen LogP contribution in [0.1, 0.15) is 39.9 Å². The van der Waals surface area contributed by atoms with E-state index < -0.39 is 0 Å². The van der Waals surface area contributed by atoms with E-state index in [1.807, 2.05) is 61.5 Å². The molecule has 3 aromatic rings. The highest BCUT2D eigenvalue weighted by molar-refractivity contribution is 8.04. The average molecular weight is 443 g/mol. The van der Waals surface area contributed by atoms with Crippen molar-refractivity contribution in [1.82, 2.24) is 5.32 Å². The van der Waals surface area contributed by atoms with Gasteiger partial charge in [0.1, 0.15) is 0 Å². The molecule has 4 rings (SSSR count). The van der Waals surface area contributed by atoms with E-state index in [0.29, 0.717) is 17.0 Å². The van der Waals surface area contributed by atoms with E-state index in [0.717, 1.165) is 21.7 Å². The number of benzene rings is 3. The summed E-state index contributed by atoms with van der Waals surface area (Å²) < 4.78 is 0. The largest absolute Gasteiger partial charge is 0.351 e. The van der Waals surface area contributed by atoms with Crippen LogP contribution < -0.4 is 10.2 Å². The third kappa shape index (κ3) is 4.78. The number of aryl methyl sites for hydroxylation is 1. The topological polar surface area (TPSA) is 49.4 Å². The highest BCUT2D eigenvalue weighted by atomic mass is 32.2. The van der Waals surface area contributed by atoms with Crippen molar-refractivity contribution in [1.29, 1.82) is 0 Å². The van der Waals surface area contributed by atoms with Crippen molar-refractivity contribution < 1.29 is 9.59 Å². The Kier molecular flexibility index (Phi) is 6.47. The third-order valence-corrected chi connectivity index (χ3v) is 6.67. The zero-order valence-corrected chi connectivity index (χ0v) is 19.3. The molecule has 1 atom stereocenters. The SMILES string of the molecule is Cc1cccc(/C=C2/Sc3ccc(C(=O)NC[C@H](C)c4ccccc4)cc3N(C)C2=O)c1. The van der Waals surface area contributed by atoms with Gasteiger partial charge >= 0.3 is 0 Å². The molecule has 0 bridgehead atoms. The Morgan fingerprint density at radius 3 is 2.59 bits per heavy atom. The van der Waals surface area contributed by atoms with E-state index in [1.54, 1.807) is 18.0 Å². The molecule has 2 amide bonds. The molecule has 0 spiro atoms. The first-order valence-corrected chi connectivity index (χ1v) is 11.5. The number of thioether (sulfide) groups is 1. The van der Waals surface area contributed by atoms with Crippen molar-refractivity contribution in [2.24, 2.45) is 0 Å². The maximum Gasteiger partial charge on any atom is 0.264 e. The Morgan fingerprint density at radius 2 is 1.84 bits per heavy atom. The number of nitrogens with one attached hydrogen (secondary N) is 1. The van der Waals surface area contributed by atoms with Gasteiger partial charge in [-0.15, -0.1) is 0 Å². The quantitative estimate of drug-likeness (QED) is 0.521. The lowest BCUT2D eigenvalue weighted by Crippen LogP contribution is -2.31. The molecule has 0 aromatic heterocycles. The predicted molar refractivity (Wildman–Crippen MR) is 132 cm³/mol. The van der Waals surface area contributed by atoms with Crippen molar-refractivity contribution in [3.8, 4) is 0 Å². The molecule has 162 valence electrons.